The van der Waals surface area contributed by atoms with Crippen molar-refractivity contribution in [1.82, 2.24) is 0 Å². The third-order valence-corrected chi connectivity index (χ3v) is 1.49. The van der Waals surface area contributed by atoms with Gasteiger partial charge in [-0.2, -0.15) is 0 Å². The first-order valence-corrected chi connectivity index (χ1v) is 3.07. The van der Waals surface area contributed by atoms with Gasteiger partial charge in [0.15, 0.2) is 0 Å². The van der Waals surface area contributed by atoms with Crippen molar-refractivity contribution in [2.45, 2.75) is 19.4 Å². The van der Waals surface area contributed by atoms with Crippen LogP contribution in [0.2, 0.25) is 0 Å². The molecule has 0 spiro atoms. The molecule has 1 aliphatic heterocycles. The Labute approximate surface area is 54.5 Å². The van der Waals surface area contributed by atoms with E-state index in [1.54, 1.807) is 6.08 Å². The monoisotopic (exact) mass is 126 g/mol. The van der Waals surface area contributed by atoms with Crippen molar-refractivity contribution in [3.63, 3.8) is 0 Å². The van der Waals surface area contributed by atoms with Crippen molar-refractivity contribution in [3.8, 4) is 0 Å². The van der Waals surface area contributed by atoms with E-state index in [1.165, 1.54) is 0 Å². The van der Waals surface area contributed by atoms with Crippen LogP contribution in [-0.2, 0) is 9.53 Å². The summed E-state index contributed by atoms with van der Waals surface area (Å²) in [4.78, 5) is 10.7. The number of hydrogen-bond acceptors (Lipinski definition) is 2. The van der Waals surface area contributed by atoms with Crippen molar-refractivity contribution < 1.29 is 9.53 Å². The number of carbonyl (C=O) groups excluding carboxylic acids is 1. The van der Waals surface area contributed by atoms with Crippen LogP contribution in [0.15, 0.2) is 12.7 Å². The van der Waals surface area contributed by atoms with E-state index in [2.05, 4.69) is 6.58 Å². The molecule has 0 bridgehead atoms. The Balaban J connectivity index is 2.57. The maximum Gasteiger partial charge on any atom is 0.313 e. The van der Waals surface area contributed by atoms with Crippen molar-refractivity contribution in [3.05, 3.63) is 12.7 Å². The second-order valence-electron chi connectivity index (χ2n) is 2.33. The average Bonchev–Trinajstić information content (AvgIpc) is 2.10. The van der Waals surface area contributed by atoms with Crippen LogP contribution in [0.1, 0.15) is 13.3 Å². The number of hydrogen-bond donors (Lipinski definition) is 0. The van der Waals surface area contributed by atoms with Gasteiger partial charge in [0.1, 0.15) is 6.10 Å². The SMILES string of the molecule is C=C[C@H]1C[C@@H](C)OC1=O. The summed E-state index contributed by atoms with van der Waals surface area (Å²) in [7, 11) is 0. The molecular formula is C7H10O2. The Kier molecular flexibility index (Phi) is 1.56. The highest BCUT2D eigenvalue weighted by Crippen LogP contribution is 2.20. The van der Waals surface area contributed by atoms with Gasteiger partial charge in [0, 0.05) is 6.42 Å². The minimum absolute atomic E-state index is 0.0556. The van der Waals surface area contributed by atoms with E-state index in [0.717, 1.165) is 6.42 Å². The van der Waals surface area contributed by atoms with Crippen molar-refractivity contribution in [2.24, 2.45) is 5.92 Å². The Morgan fingerprint density at radius 2 is 2.56 bits per heavy atom. The van der Waals surface area contributed by atoms with Gasteiger partial charge in [-0.15, -0.1) is 6.58 Å². The lowest BCUT2D eigenvalue weighted by atomic mass is 10.1. The zero-order chi connectivity index (χ0) is 6.85. The van der Waals surface area contributed by atoms with Crippen molar-refractivity contribution in [2.75, 3.05) is 0 Å². The lowest BCUT2D eigenvalue weighted by Crippen LogP contribution is -2.03. The molecule has 0 N–H and O–H groups in total. The van der Waals surface area contributed by atoms with Crippen LogP contribution >= 0.6 is 0 Å². The molecule has 2 heteroatoms. The summed E-state index contributed by atoms with van der Waals surface area (Å²) in [6.45, 7) is 5.42. The van der Waals surface area contributed by atoms with Gasteiger partial charge in [0.2, 0.25) is 0 Å². The zero-order valence-electron chi connectivity index (χ0n) is 5.46. The second-order valence-corrected chi connectivity index (χ2v) is 2.33. The minimum atomic E-state index is -0.127. The first kappa shape index (κ1) is 6.33. The molecule has 0 aromatic carbocycles. The lowest BCUT2D eigenvalue weighted by molar-refractivity contribution is -0.142. The fourth-order valence-corrected chi connectivity index (χ4v) is 0.980. The zero-order valence-corrected chi connectivity index (χ0v) is 5.46. The number of carbonyl (C=O) groups is 1. The maximum atomic E-state index is 10.7. The first-order chi connectivity index (χ1) is 4.24. The van der Waals surface area contributed by atoms with Crippen LogP contribution in [0.5, 0.6) is 0 Å². The number of esters is 1. The summed E-state index contributed by atoms with van der Waals surface area (Å²) < 4.78 is 4.85. The number of rotatable bonds is 1. The lowest BCUT2D eigenvalue weighted by Gasteiger charge is -1.95. The van der Waals surface area contributed by atoms with Gasteiger partial charge in [-0.05, 0) is 6.92 Å². The summed E-state index contributed by atoms with van der Waals surface area (Å²) >= 11 is 0. The summed E-state index contributed by atoms with van der Waals surface area (Å²) in [6, 6.07) is 0. The average molecular weight is 126 g/mol. The minimum Gasteiger partial charge on any atom is -0.462 e. The van der Waals surface area contributed by atoms with E-state index in [4.69, 9.17) is 4.74 Å². The van der Waals surface area contributed by atoms with Crippen molar-refractivity contribution in [1.29, 1.82) is 0 Å². The molecule has 0 aliphatic carbocycles. The standard InChI is InChI=1S/C7H10O2/c1-3-6-4-5(2)9-7(6)8/h3,5-6H,1,4H2,2H3/t5-,6+/m1/s1. The van der Waals surface area contributed by atoms with Gasteiger partial charge in [-0.1, -0.05) is 6.08 Å². The molecule has 2 atom stereocenters. The summed E-state index contributed by atoms with van der Waals surface area (Å²) in [5.41, 5.74) is 0. The molecule has 1 heterocycles. The Morgan fingerprint density at radius 1 is 1.89 bits per heavy atom. The molecule has 0 saturated carbocycles. The molecule has 0 unspecified atom stereocenters. The van der Waals surface area contributed by atoms with Gasteiger partial charge in [-0.25, -0.2) is 0 Å². The van der Waals surface area contributed by atoms with Crippen LogP contribution in [-0.4, -0.2) is 12.1 Å². The smallest absolute Gasteiger partial charge is 0.313 e. The van der Waals surface area contributed by atoms with Crippen LogP contribution in [0, 0.1) is 5.92 Å². The molecule has 9 heavy (non-hydrogen) atoms. The Morgan fingerprint density at radius 3 is 2.78 bits per heavy atom. The molecule has 0 radical (unpaired) electrons. The molecule has 0 aromatic rings. The Bertz CT molecular complexity index is 140. The second kappa shape index (κ2) is 2.21. The molecule has 1 fully saturated rings. The highest BCUT2D eigenvalue weighted by molar-refractivity contribution is 5.76. The van der Waals surface area contributed by atoms with E-state index in [-0.39, 0.29) is 18.0 Å². The topological polar surface area (TPSA) is 26.3 Å². The van der Waals surface area contributed by atoms with Crippen molar-refractivity contribution >= 4 is 5.97 Å². The van der Waals surface area contributed by atoms with Gasteiger partial charge >= 0.3 is 5.97 Å². The molecular weight excluding hydrogens is 116 g/mol. The van der Waals surface area contributed by atoms with Crippen LogP contribution in [0.4, 0.5) is 0 Å². The fourth-order valence-electron chi connectivity index (χ4n) is 0.980. The molecule has 1 rings (SSSR count). The third-order valence-electron chi connectivity index (χ3n) is 1.49. The normalized spacial score (nSPS) is 34.1. The van der Waals surface area contributed by atoms with Gasteiger partial charge in [-0.3, -0.25) is 4.79 Å². The van der Waals surface area contributed by atoms with Gasteiger partial charge < -0.3 is 4.74 Å². The van der Waals surface area contributed by atoms with Crippen LogP contribution in [0.3, 0.4) is 0 Å². The molecule has 0 amide bonds. The highest BCUT2D eigenvalue weighted by Gasteiger charge is 2.28. The third kappa shape index (κ3) is 1.12. The van der Waals surface area contributed by atoms with Gasteiger partial charge in [0.25, 0.3) is 0 Å². The predicted molar refractivity (Wildman–Crippen MR) is 33.9 cm³/mol. The Hall–Kier alpha value is -0.790. The quantitative estimate of drug-likeness (QED) is 0.389. The summed E-state index contributed by atoms with van der Waals surface area (Å²) in [5, 5.41) is 0. The van der Waals surface area contributed by atoms with Crippen LogP contribution in [0.25, 0.3) is 0 Å². The van der Waals surface area contributed by atoms with Gasteiger partial charge in [0.05, 0.1) is 5.92 Å². The van der Waals surface area contributed by atoms with E-state index in [9.17, 15) is 4.79 Å². The van der Waals surface area contributed by atoms with E-state index in [1.807, 2.05) is 6.92 Å². The van der Waals surface area contributed by atoms with Crippen LogP contribution < -0.4 is 0 Å². The molecule has 1 saturated heterocycles. The molecule has 0 aromatic heterocycles. The largest absolute Gasteiger partial charge is 0.462 e. The van der Waals surface area contributed by atoms with E-state index < -0.39 is 0 Å². The number of ether oxygens (including phenoxy) is 1. The van der Waals surface area contributed by atoms with E-state index >= 15 is 0 Å². The molecule has 1 aliphatic rings. The highest BCUT2D eigenvalue weighted by atomic mass is 16.5. The maximum absolute atomic E-state index is 10.7. The first-order valence-electron chi connectivity index (χ1n) is 3.07. The summed E-state index contributed by atoms with van der Waals surface area (Å²) in [5.74, 6) is -0.183. The molecule has 50 valence electrons. The predicted octanol–water partition coefficient (Wildman–Crippen LogP) is 1.12. The molecule has 2 nitrogen and oxygen atoms in total. The number of cyclic esters (lactones) is 1. The van der Waals surface area contributed by atoms with E-state index in [0.29, 0.717) is 0 Å². The summed E-state index contributed by atoms with van der Waals surface area (Å²) in [6.07, 6.45) is 2.52. The fraction of sp³-hybridized carbons (Fsp3) is 0.571.